The molecule has 0 N–H and O–H groups in total. The summed E-state index contributed by atoms with van der Waals surface area (Å²) in [6.07, 6.45) is 0.430. The second-order valence-corrected chi connectivity index (χ2v) is 8.12. The van der Waals surface area contributed by atoms with Gasteiger partial charge in [-0.3, -0.25) is 0 Å². The molecular formula is C24H24F2N6. The minimum absolute atomic E-state index is 0.197. The molecule has 0 bridgehead atoms. The van der Waals surface area contributed by atoms with E-state index in [2.05, 4.69) is 19.8 Å². The molecule has 32 heavy (non-hydrogen) atoms. The predicted octanol–water partition coefficient (Wildman–Crippen LogP) is 3.94. The Morgan fingerprint density at radius 1 is 0.875 bits per heavy atom. The minimum atomic E-state index is -0.274. The summed E-state index contributed by atoms with van der Waals surface area (Å²) >= 11 is 0. The van der Waals surface area contributed by atoms with Crippen molar-refractivity contribution in [3.8, 4) is 0 Å². The van der Waals surface area contributed by atoms with Gasteiger partial charge in [0.1, 0.15) is 17.5 Å². The fourth-order valence-electron chi connectivity index (χ4n) is 4.26. The molecule has 1 aliphatic rings. The Labute approximate surface area is 185 Å². The van der Waals surface area contributed by atoms with Crippen LogP contribution in [0.1, 0.15) is 22.6 Å². The molecule has 1 aliphatic heterocycles. The highest BCUT2D eigenvalue weighted by molar-refractivity contribution is 5.56. The maximum Gasteiger partial charge on any atom is 0.254 e. The fraction of sp³-hybridized carbons (Fsp3) is 0.292. The lowest BCUT2D eigenvalue weighted by molar-refractivity contribution is 0.593. The van der Waals surface area contributed by atoms with Crippen molar-refractivity contribution < 1.29 is 8.78 Å². The monoisotopic (exact) mass is 434 g/mol. The van der Waals surface area contributed by atoms with Crippen molar-refractivity contribution in [1.29, 1.82) is 0 Å². The fourth-order valence-corrected chi connectivity index (χ4v) is 4.26. The third kappa shape index (κ3) is 3.77. The standard InChI is InChI=1S/C24H24F2N6/c1-16-17(2)27-24-28-22(15-18-6-5-7-19(25)14-18)29-32(24)23(16)31-12-10-30(11-13-31)21-9-4-3-8-20(21)26/h3-9,14H,10-13,15H2,1-2H3. The highest BCUT2D eigenvalue weighted by Crippen LogP contribution is 2.26. The van der Waals surface area contributed by atoms with Crippen LogP contribution in [0.2, 0.25) is 0 Å². The first-order valence-electron chi connectivity index (χ1n) is 10.7. The molecule has 2 aromatic heterocycles. The van der Waals surface area contributed by atoms with E-state index in [4.69, 9.17) is 5.10 Å². The number of halogens is 2. The molecule has 2 aromatic carbocycles. The number of hydrogen-bond acceptors (Lipinski definition) is 5. The summed E-state index contributed by atoms with van der Waals surface area (Å²) in [4.78, 5) is 13.5. The average Bonchev–Trinajstić information content (AvgIpc) is 3.16. The van der Waals surface area contributed by atoms with Crippen LogP contribution in [-0.2, 0) is 6.42 Å². The number of anilines is 2. The zero-order valence-electron chi connectivity index (χ0n) is 18.1. The summed E-state index contributed by atoms with van der Waals surface area (Å²) in [5, 5.41) is 4.71. The number of fused-ring (bicyclic) bond motifs is 1. The van der Waals surface area contributed by atoms with Gasteiger partial charge in [-0.1, -0.05) is 24.3 Å². The van der Waals surface area contributed by atoms with Crippen LogP contribution in [0.3, 0.4) is 0 Å². The lowest BCUT2D eigenvalue weighted by Gasteiger charge is -2.37. The summed E-state index contributed by atoms with van der Waals surface area (Å²) in [5.41, 5.74) is 3.39. The van der Waals surface area contributed by atoms with Crippen molar-refractivity contribution >= 4 is 17.3 Å². The normalized spacial score (nSPS) is 14.4. The highest BCUT2D eigenvalue weighted by atomic mass is 19.1. The first-order chi connectivity index (χ1) is 15.5. The van der Waals surface area contributed by atoms with Crippen molar-refractivity contribution in [1.82, 2.24) is 19.6 Å². The van der Waals surface area contributed by atoms with Crippen LogP contribution in [0.25, 0.3) is 5.78 Å². The van der Waals surface area contributed by atoms with Gasteiger partial charge in [-0.2, -0.15) is 9.50 Å². The first-order valence-corrected chi connectivity index (χ1v) is 10.7. The zero-order chi connectivity index (χ0) is 22.2. The Balaban J connectivity index is 1.44. The van der Waals surface area contributed by atoms with E-state index >= 15 is 0 Å². The van der Waals surface area contributed by atoms with Crippen LogP contribution in [0, 0.1) is 25.5 Å². The van der Waals surface area contributed by atoms with Gasteiger partial charge < -0.3 is 9.80 Å². The Bertz CT molecular complexity index is 1280. The molecule has 164 valence electrons. The topological polar surface area (TPSA) is 49.6 Å². The molecule has 3 heterocycles. The Morgan fingerprint density at radius 2 is 1.62 bits per heavy atom. The van der Waals surface area contributed by atoms with E-state index in [1.807, 2.05) is 32.0 Å². The van der Waals surface area contributed by atoms with Gasteiger partial charge >= 0.3 is 0 Å². The van der Waals surface area contributed by atoms with Crippen LogP contribution in [-0.4, -0.2) is 45.8 Å². The van der Waals surface area contributed by atoms with Crippen LogP contribution >= 0.6 is 0 Å². The number of aryl methyl sites for hydroxylation is 1. The van der Waals surface area contributed by atoms with Crippen molar-refractivity contribution in [2.24, 2.45) is 0 Å². The van der Waals surface area contributed by atoms with Crippen LogP contribution < -0.4 is 9.80 Å². The summed E-state index contributed by atoms with van der Waals surface area (Å²) in [7, 11) is 0. The molecule has 5 rings (SSSR count). The van der Waals surface area contributed by atoms with E-state index in [0.29, 0.717) is 36.8 Å². The SMILES string of the molecule is Cc1nc2nc(Cc3cccc(F)c3)nn2c(N2CCN(c3ccccc3F)CC2)c1C. The number of piperazine rings is 1. The molecule has 0 aliphatic carbocycles. The van der Waals surface area contributed by atoms with E-state index in [1.165, 1.54) is 18.2 Å². The lowest BCUT2D eigenvalue weighted by Crippen LogP contribution is -2.47. The van der Waals surface area contributed by atoms with E-state index in [9.17, 15) is 8.78 Å². The quantitative estimate of drug-likeness (QED) is 0.487. The molecule has 8 heteroatoms. The summed E-state index contributed by atoms with van der Waals surface area (Å²) in [6, 6.07) is 13.4. The molecule has 6 nitrogen and oxygen atoms in total. The molecule has 0 saturated carbocycles. The molecule has 0 unspecified atom stereocenters. The van der Waals surface area contributed by atoms with E-state index < -0.39 is 0 Å². The number of aromatic nitrogens is 4. The number of rotatable bonds is 4. The van der Waals surface area contributed by atoms with E-state index in [-0.39, 0.29) is 11.6 Å². The van der Waals surface area contributed by atoms with Gasteiger partial charge in [0.15, 0.2) is 5.82 Å². The Hall–Kier alpha value is -3.55. The van der Waals surface area contributed by atoms with E-state index in [1.54, 1.807) is 16.6 Å². The van der Waals surface area contributed by atoms with E-state index in [0.717, 1.165) is 35.7 Å². The van der Waals surface area contributed by atoms with Crippen molar-refractivity contribution in [2.75, 3.05) is 36.0 Å². The zero-order valence-corrected chi connectivity index (χ0v) is 18.1. The smallest absolute Gasteiger partial charge is 0.254 e. The van der Waals surface area contributed by atoms with Crippen molar-refractivity contribution in [2.45, 2.75) is 20.3 Å². The molecule has 0 amide bonds. The minimum Gasteiger partial charge on any atom is -0.366 e. The molecule has 0 radical (unpaired) electrons. The summed E-state index contributed by atoms with van der Waals surface area (Å²) in [6.45, 7) is 6.87. The second-order valence-electron chi connectivity index (χ2n) is 8.12. The number of benzene rings is 2. The molecular weight excluding hydrogens is 410 g/mol. The Morgan fingerprint density at radius 3 is 2.38 bits per heavy atom. The molecule has 4 aromatic rings. The van der Waals surface area contributed by atoms with Gasteiger partial charge in [0.05, 0.1) is 5.69 Å². The molecule has 0 spiro atoms. The predicted molar refractivity (Wildman–Crippen MR) is 120 cm³/mol. The maximum atomic E-state index is 14.2. The third-order valence-corrected chi connectivity index (χ3v) is 6.00. The third-order valence-electron chi connectivity index (χ3n) is 6.00. The summed E-state index contributed by atoms with van der Waals surface area (Å²) < 4.78 is 29.6. The van der Waals surface area contributed by atoms with Crippen LogP contribution in [0.15, 0.2) is 48.5 Å². The number of hydrogen-bond donors (Lipinski definition) is 0. The average molecular weight is 434 g/mol. The molecule has 0 atom stereocenters. The molecule has 1 fully saturated rings. The number of para-hydroxylation sites is 1. The largest absolute Gasteiger partial charge is 0.366 e. The van der Waals surface area contributed by atoms with Crippen LogP contribution in [0.5, 0.6) is 0 Å². The van der Waals surface area contributed by atoms with Crippen molar-refractivity contribution in [3.63, 3.8) is 0 Å². The summed E-state index contributed by atoms with van der Waals surface area (Å²) in [5.74, 6) is 1.62. The van der Waals surface area contributed by atoms with Crippen molar-refractivity contribution in [3.05, 3.63) is 82.8 Å². The molecule has 1 saturated heterocycles. The van der Waals surface area contributed by atoms with Gasteiger partial charge in [0, 0.05) is 43.9 Å². The van der Waals surface area contributed by atoms with Gasteiger partial charge in [-0.15, -0.1) is 5.10 Å². The lowest BCUT2D eigenvalue weighted by atomic mass is 10.1. The van der Waals surface area contributed by atoms with Gasteiger partial charge in [-0.25, -0.2) is 13.8 Å². The Kier molecular flexibility index (Phi) is 5.20. The number of nitrogens with zero attached hydrogens (tertiary/aromatic N) is 6. The van der Waals surface area contributed by atoms with Gasteiger partial charge in [-0.05, 0) is 43.7 Å². The van der Waals surface area contributed by atoms with Crippen LogP contribution in [0.4, 0.5) is 20.3 Å². The second kappa shape index (κ2) is 8.18. The van der Waals surface area contributed by atoms with Gasteiger partial charge in [0.2, 0.25) is 0 Å². The highest BCUT2D eigenvalue weighted by Gasteiger charge is 2.24. The first kappa shape index (κ1) is 20.4. The van der Waals surface area contributed by atoms with Gasteiger partial charge in [0.25, 0.3) is 5.78 Å². The maximum absolute atomic E-state index is 14.2.